The molecule has 1 aliphatic heterocycles. The number of benzene rings is 2. The molecule has 1 N–H and O–H groups in total. The predicted molar refractivity (Wildman–Crippen MR) is 131 cm³/mol. The summed E-state index contributed by atoms with van der Waals surface area (Å²) in [5, 5.41) is 6.61. The summed E-state index contributed by atoms with van der Waals surface area (Å²) in [5.41, 5.74) is 5.97. The van der Waals surface area contributed by atoms with Gasteiger partial charge in [-0.15, -0.1) is 0 Å². The van der Waals surface area contributed by atoms with Gasteiger partial charge in [0.25, 0.3) is 0 Å². The minimum absolute atomic E-state index is 0.166. The number of hydrogen-bond donors (Lipinski definition) is 1. The van der Waals surface area contributed by atoms with Crippen LogP contribution in [0.25, 0.3) is 29.2 Å². The summed E-state index contributed by atoms with van der Waals surface area (Å²) in [6.45, 7) is 6.18. The molecule has 160 valence electrons. The molecule has 5 heteroatoms. The summed E-state index contributed by atoms with van der Waals surface area (Å²) in [5.74, 6) is 0. The van der Waals surface area contributed by atoms with Crippen molar-refractivity contribution in [1.29, 1.82) is 0 Å². The lowest BCUT2D eigenvalue weighted by Gasteiger charge is -2.20. The van der Waals surface area contributed by atoms with Crippen LogP contribution in [0.4, 0.5) is 11.4 Å². The monoisotopic (exact) mass is 421 g/mol. The zero-order chi connectivity index (χ0) is 22.1. The van der Waals surface area contributed by atoms with E-state index in [1.54, 1.807) is 0 Å². The van der Waals surface area contributed by atoms with E-state index in [0.29, 0.717) is 0 Å². The number of rotatable bonds is 4. The first kappa shape index (κ1) is 20.2. The second kappa shape index (κ2) is 8.42. The standard InChI is InChI=1S/C27H27N5/c1-18(2)29-24-16-27-25(15-23(24)30-20-14-13-19(3)28-17-20)31-22-11-7-8-12-26(22)32(27)21-9-5-4-6-10-21/h4-6,9-18,30H,7-8H2,1-3H3. The zero-order valence-electron chi connectivity index (χ0n) is 18.7. The van der Waals surface area contributed by atoms with Crippen LogP contribution < -0.4 is 21.4 Å². The number of anilines is 2. The number of para-hydroxylation sites is 1. The van der Waals surface area contributed by atoms with Crippen molar-refractivity contribution >= 4 is 23.5 Å². The molecule has 0 saturated carbocycles. The van der Waals surface area contributed by atoms with Gasteiger partial charge in [0, 0.05) is 17.4 Å². The van der Waals surface area contributed by atoms with Crippen molar-refractivity contribution < 1.29 is 0 Å². The van der Waals surface area contributed by atoms with Crippen LogP contribution in [0, 0.1) is 6.92 Å². The van der Waals surface area contributed by atoms with Crippen molar-refractivity contribution in [2.45, 2.75) is 39.7 Å². The average Bonchev–Trinajstić information content (AvgIpc) is 2.80. The fourth-order valence-electron chi connectivity index (χ4n) is 4.09. The quantitative estimate of drug-likeness (QED) is 0.540. The molecule has 0 fully saturated rings. The Labute approximate surface area is 187 Å². The van der Waals surface area contributed by atoms with Gasteiger partial charge in [-0.3, -0.25) is 9.98 Å². The summed E-state index contributed by atoms with van der Waals surface area (Å²) >= 11 is 0. The SMILES string of the molecule is Cc1ccc(Nc2cc3nc4c(n(-c5ccccc5)c-3cc2=NC(C)C)=CCCC=4)cn1. The lowest BCUT2D eigenvalue weighted by molar-refractivity contribution is 0.805. The number of pyridine rings is 1. The number of aryl methyl sites for hydroxylation is 1. The van der Waals surface area contributed by atoms with E-state index < -0.39 is 0 Å². The molecular weight excluding hydrogens is 394 g/mol. The number of hydrogen-bond acceptors (Lipinski definition) is 4. The molecule has 0 atom stereocenters. The molecule has 0 unspecified atom stereocenters. The fraction of sp³-hybridized carbons (Fsp3) is 0.222. The second-order valence-electron chi connectivity index (χ2n) is 8.43. The molecule has 2 heterocycles. The van der Waals surface area contributed by atoms with Crippen LogP contribution in [-0.4, -0.2) is 20.6 Å². The van der Waals surface area contributed by atoms with Crippen molar-refractivity contribution in [2.24, 2.45) is 4.99 Å². The maximum atomic E-state index is 5.03. The third-order valence-corrected chi connectivity index (χ3v) is 5.52. The highest BCUT2D eigenvalue weighted by atomic mass is 15.0. The van der Waals surface area contributed by atoms with Gasteiger partial charge in [0.05, 0.1) is 45.0 Å². The van der Waals surface area contributed by atoms with Crippen LogP contribution in [0.1, 0.15) is 32.4 Å². The molecule has 2 aromatic rings. The van der Waals surface area contributed by atoms with Crippen LogP contribution in [-0.2, 0) is 0 Å². The third kappa shape index (κ3) is 3.94. The Kier molecular flexibility index (Phi) is 5.31. The number of nitrogens with zero attached hydrogens (tertiary/aromatic N) is 4. The molecule has 0 saturated heterocycles. The smallest absolute Gasteiger partial charge is 0.0900 e. The Morgan fingerprint density at radius 1 is 1.00 bits per heavy atom. The maximum Gasteiger partial charge on any atom is 0.0900 e. The van der Waals surface area contributed by atoms with Gasteiger partial charge in [-0.1, -0.05) is 30.4 Å². The van der Waals surface area contributed by atoms with E-state index in [-0.39, 0.29) is 6.04 Å². The van der Waals surface area contributed by atoms with Crippen molar-refractivity contribution in [2.75, 3.05) is 5.32 Å². The highest BCUT2D eigenvalue weighted by molar-refractivity contribution is 5.70. The first-order chi connectivity index (χ1) is 15.6. The van der Waals surface area contributed by atoms with Crippen LogP contribution in [0.5, 0.6) is 0 Å². The lowest BCUT2D eigenvalue weighted by atomic mass is 10.1. The zero-order valence-corrected chi connectivity index (χ0v) is 18.7. The van der Waals surface area contributed by atoms with E-state index in [9.17, 15) is 0 Å². The first-order valence-corrected chi connectivity index (χ1v) is 11.1. The van der Waals surface area contributed by atoms with E-state index in [2.05, 4.69) is 77.3 Å². The van der Waals surface area contributed by atoms with Crippen LogP contribution >= 0.6 is 0 Å². The van der Waals surface area contributed by atoms with Gasteiger partial charge >= 0.3 is 0 Å². The Morgan fingerprint density at radius 3 is 2.56 bits per heavy atom. The molecule has 32 heavy (non-hydrogen) atoms. The van der Waals surface area contributed by atoms with E-state index in [1.165, 1.54) is 0 Å². The minimum atomic E-state index is 0.166. The molecule has 5 rings (SSSR count). The van der Waals surface area contributed by atoms with Crippen molar-refractivity contribution in [3.63, 3.8) is 0 Å². The second-order valence-corrected chi connectivity index (χ2v) is 8.43. The third-order valence-electron chi connectivity index (χ3n) is 5.52. The molecule has 0 spiro atoms. The average molecular weight is 422 g/mol. The summed E-state index contributed by atoms with van der Waals surface area (Å²) in [7, 11) is 0. The largest absolute Gasteiger partial charge is 0.352 e. The molecule has 2 aliphatic carbocycles. The number of nitrogens with one attached hydrogen (secondary N) is 1. The fourth-order valence-corrected chi connectivity index (χ4v) is 4.09. The molecule has 3 aliphatic rings. The van der Waals surface area contributed by atoms with Gasteiger partial charge in [0.1, 0.15) is 0 Å². The topological polar surface area (TPSA) is 55.1 Å². The van der Waals surface area contributed by atoms with Crippen molar-refractivity contribution in [3.8, 4) is 17.1 Å². The molecule has 1 aromatic heterocycles. The Morgan fingerprint density at radius 2 is 1.81 bits per heavy atom. The van der Waals surface area contributed by atoms with Gasteiger partial charge in [0.2, 0.25) is 0 Å². The Hall–Kier alpha value is -3.73. The molecule has 0 bridgehead atoms. The Bertz CT molecular complexity index is 1410. The van der Waals surface area contributed by atoms with Gasteiger partial charge in [0.15, 0.2) is 0 Å². The predicted octanol–water partition coefficient (Wildman–Crippen LogP) is 4.09. The van der Waals surface area contributed by atoms with Gasteiger partial charge in [-0.25, -0.2) is 4.98 Å². The lowest BCUT2D eigenvalue weighted by Crippen LogP contribution is -2.40. The first-order valence-electron chi connectivity index (χ1n) is 11.1. The molecule has 0 amide bonds. The van der Waals surface area contributed by atoms with E-state index >= 15 is 0 Å². The van der Waals surface area contributed by atoms with Gasteiger partial charge < -0.3 is 9.88 Å². The van der Waals surface area contributed by atoms with Crippen LogP contribution in [0.15, 0.2) is 65.8 Å². The van der Waals surface area contributed by atoms with E-state index in [0.717, 1.165) is 63.0 Å². The van der Waals surface area contributed by atoms with E-state index in [4.69, 9.17) is 9.98 Å². The van der Waals surface area contributed by atoms with E-state index in [1.807, 2.05) is 31.3 Å². The molecule has 1 aromatic carbocycles. The minimum Gasteiger partial charge on any atom is -0.352 e. The van der Waals surface area contributed by atoms with Crippen LogP contribution in [0.3, 0.4) is 0 Å². The number of aromatic nitrogens is 3. The highest BCUT2D eigenvalue weighted by Gasteiger charge is 2.16. The molecular formula is C27H27N5. The Balaban J connectivity index is 1.81. The summed E-state index contributed by atoms with van der Waals surface area (Å²) in [6, 6.07) is 19.0. The maximum absolute atomic E-state index is 5.03. The van der Waals surface area contributed by atoms with Gasteiger partial charge in [-0.05, 0) is 70.0 Å². The van der Waals surface area contributed by atoms with Gasteiger partial charge in [-0.2, -0.15) is 0 Å². The van der Waals surface area contributed by atoms with Crippen molar-refractivity contribution in [1.82, 2.24) is 14.5 Å². The molecule has 0 radical (unpaired) electrons. The summed E-state index contributed by atoms with van der Waals surface area (Å²) in [4.78, 5) is 14.4. The summed E-state index contributed by atoms with van der Waals surface area (Å²) in [6.07, 6.45) is 8.42. The number of fused-ring (bicyclic) bond motifs is 2. The summed E-state index contributed by atoms with van der Waals surface area (Å²) < 4.78 is 2.31. The van der Waals surface area contributed by atoms with Crippen LogP contribution in [0.2, 0.25) is 0 Å². The van der Waals surface area contributed by atoms with Crippen molar-refractivity contribution in [3.05, 3.63) is 82.5 Å². The molecule has 5 nitrogen and oxygen atoms in total. The normalized spacial score (nSPS) is 13.6. The highest BCUT2D eigenvalue weighted by Crippen LogP contribution is 2.23.